The highest BCUT2D eigenvalue weighted by Gasteiger charge is 2.23. The molecule has 0 fully saturated rings. The number of sulfonamides is 1. The molecule has 0 atom stereocenters. The van der Waals surface area contributed by atoms with Gasteiger partial charge in [-0.1, -0.05) is 29.8 Å². The van der Waals surface area contributed by atoms with E-state index in [0.29, 0.717) is 23.0 Å². The fraction of sp³-hybridized carbons (Fsp3) is 0.125. The van der Waals surface area contributed by atoms with Gasteiger partial charge in [0.15, 0.2) is 5.82 Å². The number of nitrogens with one attached hydrogen (secondary N) is 1. The quantitative estimate of drug-likeness (QED) is 0.469. The summed E-state index contributed by atoms with van der Waals surface area (Å²) in [4.78, 5) is 17.3. The molecule has 0 aliphatic heterocycles. The Bertz CT molecular complexity index is 1400. The smallest absolute Gasteiger partial charge is 0.264 e. The molecule has 0 radical (unpaired) electrons. The van der Waals surface area contributed by atoms with Crippen LogP contribution in [0.25, 0.3) is 5.82 Å². The van der Waals surface area contributed by atoms with E-state index in [1.807, 2.05) is 32.0 Å². The van der Waals surface area contributed by atoms with Crippen molar-refractivity contribution in [3.8, 4) is 5.82 Å². The second-order valence-electron chi connectivity index (χ2n) is 7.56. The highest BCUT2D eigenvalue weighted by molar-refractivity contribution is 7.92. The zero-order valence-corrected chi connectivity index (χ0v) is 19.2. The van der Waals surface area contributed by atoms with Crippen LogP contribution in [-0.4, -0.2) is 36.1 Å². The van der Waals surface area contributed by atoms with Crippen LogP contribution in [-0.2, 0) is 10.0 Å². The van der Waals surface area contributed by atoms with Gasteiger partial charge in [-0.05, 0) is 56.3 Å². The Labute approximate surface area is 192 Å². The lowest BCUT2D eigenvalue weighted by Gasteiger charge is -2.20. The summed E-state index contributed by atoms with van der Waals surface area (Å²) >= 11 is 0. The van der Waals surface area contributed by atoms with E-state index in [-0.39, 0.29) is 10.5 Å². The predicted octanol–water partition coefficient (Wildman–Crippen LogP) is 3.96. The Morgan fingerprint density at radius 2 is 1.73 bits per heavy atom. The number of anilines is 2. The summed E-state index contributed by atoms with van der Waals surface area (Å²) in [5.74, 6) is 0.528. The van der Waals surface area contributed by atoms with Crippen molar-refractivity contribution in [2.45, 2.75) is 18.7 Å². The van der Waals surface area contributed by atoms with Crippen LogP contribution in [0.4, 0.5) is 11.5 Å². The average Bonchev–Trinajstić information content (AvgIpc) is 3.19. The molecule has 0 unspecified atom stereocenters. The van der Waals surface area contributed by atoms with Gasteiger partial charge in [0.1, 0.15) is 5.82 Å². The van der Waals surface area contributed by atoms with Crippen LogP contribution in [0.15, 0.2) is 83.9 Å². The Kier molecular flexibility index (Phi) is 5.97. The molecule has 4 rings (SSSR count). The summed E-state index contributed by atoms with van der Waals surface area (Å²) in [6.07, 6.45) is 1.64. The van der Waals surface area contributed by atoms with E-state index in [2.05, 4.69) is 15.4 Å². The third-order valence-corrected chi connectivity index (χ3v) is 6.87. The number of carbonyl (C=O) groups excluding carboxylic acids is 1. The lowest BCUT2D eigenvalue weighted by Crippen LogP contribution is -2.27. The van der Waals surface area contributed by atoms with Crippen LogP contribution in [0.1, 0.15) is 21.6 Å². The van der Waals surface area contributed by atoms with Crippen LogP contribution in [0.5, 0.6) is 0 Å². The number of carbonyl (C=O) groups is 1. The van der Waals surface area contributed by atoms with Gasteiger partial charge in [-0.15, -0.1) is 0 Å². The van der Waals surface area contributed by atoms with Crippen LogP contribution in [0.2, 0.25) is 0 Å². The first-order valence-corrected chi connectivity index (χ1v) is 11.6. The molecule has 2 aromatic heterocycles. The molecule has 4 aromatic rings. The summed E-state index contributed by atoms with van der Waals surface area (Å²) in [6, 6.07) is 20.2. The van der Waals surface area contributed by atoms with Crippen molar-refractivity contribution in [1.29, 1.82) is 0 Å². The molecular weight excluding hydrogens is 438 g/mol. The highest BCUT2D eigenvalue weighted by Crippen LogP contribution is 2.24. The van der Waals surface area contributed by atoms with Crippen LogP contribution >= 0.6 is 0 Å². The number of amides is 1. The zero-order valence-electron chi connectivity index (χ0n) is 18.4. The van der Waals surface area contributed by atoms with Crippen LogP contribution < -0.4 is 9.62 Å². The molecule has 0 saturated carbocycles. The Balaban J connectivity index is 1.61. The second kappa shape index (κ2) is 8.87. The number of aryl methyl sites for hydroxylation is 2. The molecule has 2 aromatic carbocycles. The first kappa shape index (κ1) is 22.2. The van der Waals surface area contributed by atoms with Gasteiger partial charge < -0.3 is 5.32 Å². The number of rotatable bonds is 6. The van der Waals surface area contributed by atoms with E-state index in [1.165, 1.54) is 28.2 Å². The number of hydrogen-bond donors (Lipinski definition) is 1. The Morgan fingerprint density at radius 3 is 2.42 bits per heavy atom. The molecule has 0 aliphatic carbocycles. The number of benzene rings is 2. The number of hydrogen-bond acceptors (Lipinski definition) is 5. The van der Waals surface area contributed by atoms with Gasteiger partial charge in [0.2, 0.25) is 0 Å². The fourth-order valence-electron chi connectivity index (χ4n) is 3.28. The second-order valence-corrected chi connectivity index (χ2v) is 9.53. The van der Waals surface area contributed by atoms with E-state index in [1.54, 1.807) is 48.7 Å². The van der Waals surface area contributed by atoms with Crippen LogP contribution in [0, 0.1) is 13.8 Å². The molecule has 0 spiro atoms. The molecular formula is C24H23N5O3S. The molecule has 33 heavy (non-hydrogen) atoms. The Hall–Kier alpha value is -3.98. The predicted molar refractivity (Wildman–Crippen MR) is 127 cm³/mol. The average molecular weight is 462 g/mol. The molecule has 9 heteroatoms. The van der Waals surface area contributed by atoms with Crippen molar-refractivity contribution in [2.24, 2.45) is 0 Å². The van der Waals surface area contributed by atoms with E-state index in [0.717, 1.165) is 5.56 Å². The third-order valence-electron chi connectivity index (χ3n) is 5.09. The van der Waals surface area contributed by atoms with Gasteiger partial charge in [-0.2, -0.15) is 9.78 Å². The zero-order chi connectivity index (χ0) is 23.6. The SMILES string of the molecule is Cc1ccc(N(C)S(=O)(=O)c2cccc(C(=O)Nc3cc(C)nn3-c3ccccn3)c2)cc1. The van der Waals surface area contributed by atoms with Crippen molar-refractivity contribution in [3.05, 3.63) is 95.8 Å². The number of nitrogens with zero attached hydrogens (tertiary/aromatic N) is 4. The molecule has 8 nitrogen and oxygen atoms in total. The normalized spacial score (nSPS) is 11.2. The summed E-state index contributed by atoms with van der Waals surface area (Å²) in [7, 11) is -2.37. The van der Waals surface area contributed by atoms with Gasteiger partial charge in [-0.25, -0.2) is 13.4 Å². The van der Waals surface area contributed by atoms with Gasteiger partial charge in [0, 0.05) is 24.9 Å². The lowest BCUT2D eigenvalue weighted by atomic mass is 10.2. The fourth-order valence-corrected chi connectivity index (χ4v) is 4.52. The summed E-state index contributed by atoms with van der Waals surface area (Å²) in [5, 5.41) is 7.19. The van der Waals surface area contributed by atoms with E-state index >= 15 is 0 Å². The number of pyridine rings is 1. The molecule has 0 aliphatic rings. The Morgan fingerprint density at radius 1 is 0.970 bits per heavy atom. The minimum Gasteiger partial charge on any atom is -0.306 e. The van der Waals surface area contributed by atoms with Gasteiger partial charge >= 0.3 is 0 Å². The van der Waals surface area contributed by atoms with Gasteiger partial charge in [-0.3, -0.25) is 9.10 Å². The maximum atomic E-state index is 13.2. The van der Waals surface area contributed by atoms with Crippen LogP contribution in [0.3, 0.4) is 0 Å². The van der Waals surface area contributed by atoms with Crippen molar-refractivity contribution >= 4 is 27.4 Å². The minimum absolute atomic E-state index is 0.0210. The lowest BCUT2D eigenvalue weighted by molar-refractivity contribution is 0.102. The van der Waals surface area contributed by atoms with E-state index in [9.17, 15) is 13.2 Å². The van der Waals surface area contributed by atoms with Crippen molar-refractivity contribution in [2.75, 3.05) is 16.7 Å². The van der Waals surface area contributed by atoms with Crippen molar-refractivity contribution in [1.82, 2.24) is 14.8 Å². The topological polar surface area (TPSA) is 97.2 Å². The summed E-state index contributed by atoms with van der Waals surface area (Å²) in [6.45, 7) is 3.74. The maximum absolute atomic E-state index is 13.2. The summed E-state index contributed by atoms with van der Waals surface area (Å²) in [5.41, 5.74) is 2.47. The maximum Gasteiger partial charge on any atom is 0.264 e. The number of aromatic nitrogens is 3. The van der Waals surface area contributed by atoms with Crippen molar-refractivity contribution in [3.63, 3.8) is 0 Å². The molecule has 1 N–H and O–H groups in total. The first-order chi connectivity index (χ1) is 15.8. The minimum atomic E-state index is -3.86. The molecule has 168 valence electrons. The monoisotopic (exact) mass is 461 g/mol. The molecule has 1 amide bonds. The largest absolute Gasteiger partial charge is 0.306 e. The molecule has 2 heterocycles. The van der Waals surface area contributed by atoms with Crippen molar-refractivity contribution < 1.29 is 13.2 Å². The van der Waals surface area contributed by atoms with Gasteiger partial charge in [0.05, 0.1) is 16.3 Å². The third kappa shape index (κ3) is 4.63. The van der Waals surface area contributed by atoms with E-state index < -0.39 is 15.9 Å². The first-order valence-electron chi connectivity index (χ1n) is 10.2. The van der Waals surface area contributed by atoms with Gasteiger partial charge in [0.25, 0.3) is 15.9 Å². The van der Waals surface area contributed by atoms with E-state index in [4.69, 9.17) is 0 Å². The standard InChI is InChI=1S/C24H23N5O3S/c1-17-10-12-20(13-11-17)28(3)33(31,32)21-8-6-7-19(16-21)24(30)26-23-15-18(2)27-29(23)22-9-4-5-14-25-22/h4-16H,1-3H3,(H,26,30). The molecule has 0 saturated heterocycles. The highest BCUT2D eigenvalue weighted by atomic mass is 32.2. The summed E-state index contributed by atoms with van der Waals surface area (Å²) < 4.78 is 29.1. The molecule has 0 bridgehead atoms.